The zero-order valence-corrected chi connectivity index (χ0v) is 18.4. The number of nitrogens with zero attached hydrogens (tertiary/aromatic N) is 4. The second-order valence-corrected chi connectivity index (χ2v) is 8.77. The van der Waals surface area contributed by atoms with Gasteiger partial charge < -0.3 is 10.4 Å². The lowest BCUT2D eigenvalue weighted by atomic mass is 9.85. The first-order valence-corrected chi connectivity index (χ1v) is 11.0. The smallest absolute Gasteiger partial charge is 0.391 e. The van der Waals surface area contributed by atoms with Crippen LogP contribution < -0.4 is 5.32 Å². The van der Waals surface area contributed by atoms with Gasteiger partial charge in [-0.2, -0.15) is 13.2 Å². The van der Waals surface area contributed by atoms with Crippen LogP contribution in [-0.4, -0.2) is 49.3 Å². The molecule has 0 saturated heterocycles. The summed E-state index contributed by atoms with van der Waals surface area (Å²) in [6, 6.07) is 4.68. The van der Waals surface area contributed by atoms with Gasteiger partial charge in [-0.05, 0) is 63.3 Å². The summed E-state index contributed by atoms with van der Waals surface area (Å²) in [5.74, 6) is 0.247. The number of carbonyl (C=O) groups excluding carboxylic acids is 1. The first-order chi connectivity index (χ1) is 15.6. The van der Waals surface area contributed by atoms with E-state index in [2.05, 4.69) is 20.4 Å². The van der Waals surface area contributed by atoms with Crippen molar-refractivity contribution in [3.63, 3.8) is 0 Å². The average molecular weight is 461 g/mol. The van der Waals surface area contributed by atoms with Crippen molar-refractivity contribution in [2.24, 2.45) is 0 Å². The van der Waals surface area contributed by atoms with Gasteiger partial charge in [0, 0.05) is 28.9 Å². The summed E-state index contributed by atoms with van der Waals surface area (Å²) in [7, 11) is 0. The van der Waals surface area contributed by atoms with Crippen LogP contribution >= 0.6 is 0 Å². The molecule has 0 aliphatic heterocycles. The first-order valence-electron chi connectivity index (χ1n) is 11.0. The number of aldehydes is 1. The number of fused-ring (bicyclic) bond motifs is 1. The van der Waals surface area contributed by atoms with Crippen LogP contribution in [0, 0.1) is 6.92 Å². The molecule has 1 fully saturated rings. The summed E-state index contributed by atoms with van der Waals surface area (Å²) in [5.41, 5.74) is 4.21. The molecule has 10 heteroatoms. The molecule has 0 bridgehead atoms. The normalized spacial score (nSPS) is 20.1. The molecule has 0 radical (unpaired) electrons. The molecular formula is C23H26F3N5O2. The van der Waals surface area contributed by atoms with Crippen molar-refractivity contribution in [2.45, 2.75) is 70.2 Å². The number of aromatic nitrogens is 4. The lowest BCUT2D eigenvalue weighted by Gasteiger charge is -2.25. The fourth-order valence-corrected chi connectivity index (χ4v) is 4.50. The van der Waals surface area contributed by atoms with E-state index in [1.54, 1.807) is 23.7 Å². The van der Waals surface area contributed by atoms with Gasteiger partial charge in [-0.3, -0.25) is 9.78 Å². The molecule has 1 aliphatic rings. The molecule has 3 aromatic heterocycles. The maximum atomic E-state index is 12.7. The number of pyridine rings is 1. The average Bonchev–Trinajstić information content (AvgIpc) is 3.11. The van der Waals surface area contributed by atoms with Crippen LogP contribution in [0.15, 0.2) is 24.4 Å². The topological polar surface area (TPSA) is 92.4 Å². The van der Waals surface area contributed by atoms with Gasteiger partial charge in [0.2, 0.25) is 5.95 Å². The molecule has 0 unspecified atom stereocenters. The second-order valence-electron chi connectivity index (χ2n) is 8.77. The number of anilines is 1. The predicted octanol–water partition coefficient (Wildman–Crippen LogP) is 4.68. The summed E-state index contributed by atoms with van der Waals surface area (Å²) in [6.45, 7) is 3.24. The molecule has 33 heavy (non-hydrogen) atoms. The Morgan fingerprint density at radius 1 is 1.24 bits per heavy atom. The lowest BCUT2D eigenvalue weighted by molar-refractivity contribution is -0.136. The molecule has 7 nitrogen and oxygen atoms in total. The Morgan fingerprint density at radius 2 is 1.97 bits per heavy atom. The molecule has 2 N–H and O–H groups in total. The van der Waals surface area contributed by atoms with Crippen molar-refractivity contribution in [1.82, 2.24) is 19.6 Å². The van der Waals surface area contributed by atoms with E-state index in [4.69, 9.17) is 0 Å². The number of carbonyl (C=O) groups is 1. The third-order valence-electron chi connectivity index (χ3n) is 5.98. The molecule has 3 aromatic rings. The van der Waals surface area contributed by atoms with E-state index in [9.17, 15) is 23.1 Å². The van der Waals surface area contributed by atoms with E-state index < -0.39 is 18.6 Å². The fourth-order valence-electron chi connectivity index (χ4n) is 4.50. The zero-order chi connectivity index (χ0) is 23.8. The summed E-state index contributed by atoms with van der Waals surface area (Å²) in [5, 5.41) is 17.2. The molecule has 176 valence electrons. The molecule has 0 aromatic carbocycles. The lowest BCUT2D eigenvalue weighted by Crippen LogP contribution is -2.25. The Morgan fingerprint density at radius 3 is 2.64 bits per heavy atom. The third kappa shape index (κ3) is 5.32. The Labute approximate surface area is 189 Å². The maximum absolute atomic E-state index is 12.7. The number of nitrogens with one attached hydrogen (secondary N) is 1. The minimum absolute atomic E-state index is 0.109. The van der Waals surface area contributed by atoms with Crippen LogP contribution in [0.4, 0.5) is 19.1 Å². The highest BCUT2D eigenvalue weighted by molar-refractivity contribution is 5.84. The van der Waals surface area contributed by atoms with Crippen molar-refractivity contribution in [3.05, 3.63) is 41.5 Å². The van der Waals surface area contributed by atoms with Gasteiger partial charge in [-0.15, -0.1) is 5.10 Å². The van der Waals surface area contributed by atoms with E-state index in [0.717, 1.165) is 29.7 Å². The van der Waals surface area contributed by atoms with Crippen LogP contribution in [0.1, 0.15) is 66.8 Å². The van der Waals surface area contributed by atoms with Crippen LogP contribution in [0.25, 0.3) is 16.6 Å². The number of alkyl halides is 3. The highest BCUT2D eigenvalue weighted by Gasteiger charge is 2.30. The Kier molecular flexibility index (Phi) is 6.38. The highest BCUT2D eigenvalue weighted by Crippen LogP contribution is 2.38. The number of hydrogen-bond donors (Lipinski definition) is 2. The third-order valence-corrected chi connectivity index (χ3v) is 5.98. The number of aliphatic hydroxyl groups excluding tert-OH is 1. The Bertz CT molecular complexity index is 1150. The maximum Gasteiger partial charge on any atom is 0.391 e. The quantitative estimate of drug-likeness (QED) is 0.518. The molecule has 1 aliphatic carbocycles. The SMILES string of the molecule is Cc1cc(-c2cc([C@H]3CC[C@H](O)CC3)n3nc(N[C@@H](C)CC(F)(F)F)ncc23)cc(C=O)n1. The zero-order valence-electron chi connectivity index (χ0n) is 18.4. The Hall–Kier alpha value is -3.01. The van der Waals surface area contributed by atoms with Crippen LogP contribution in [0.3, 0.4) is 0 Å². The first kappa shape index (κ1) is 23.2. The number of halogens is 3. The molecule has 4 rings (SSSR count). The van der Waals surface area contributed by atoms with E-state index >= 15 is 0 Å². The van der Waals surface area contributed by atoms with Crippen LogP contribution in [0.5, 0.6) is 0 Å². The summed E-state index contributed by atoms with van der Waals surface area (Å²) in [6.07, 6.45) is -0.422. The Balaban J connectivity index is 1.78. The molecule has 0 amide bonds. The predicted molar refractivity (Wildman–Crippen MR) is 117 cm³/mol. The van der Waals surface area contributed by atoms with Crippen molar-refractivity contribution >= 4 is 17.8 Å². The van der Waals surface area contributed by atoms with E-state index in [0.29, 0.717) is 36.0 Å². The van der Waals surface area contributed by atoms with E-state index in [1.807, 2.05) is 12.1 Å². The number of aryl methyl sites for hydroxylation is 1. The minimum atomic E-state index is -4.29. The van der Waals surface area contributed by atoms with Gasteiger partial charge in [0.15, 0.2) is 6.29 Å². The standard InChI is InChI=1S/C23H26F3N5O2/c1-13-7-16(8-17(12-32)28-13)19-9-20(15-3-5-18(33)6-4-15)31-21(19)11-27-22(30-31)29-14(2)10-23(24,25)26/h7-9,11-12,14-15,18,33H,3-6,10H2,1-2H3,(H,29,30)/t14-,15-,18-/m0/s1. The molecule has 1 atom stereocenters. The van der Waals surface area contributed by atoms with Crippen molar-refractivity contribution in [2.75, 3.05) is 5.32 Å². The number of hydrogen-bond acceptors (Lipinski definition) is 6. The number of aliphatic hydroxyl groups is 1. The van der Waals surface area contributed by atoms with Crippen molar-refractivity contribution in [3.8, 4) is 11.1 Å². The van der Waals surface area contributed by atoms with Gasteiger partial charge in [0.25, 0.3) is 0 Å². The summed E-state index contributed by atoms with van der Waals surface area (Å²) in [4.78, 5) is 19.8. The van der Waals surface area contributed by atoms with Crippen LogP contribution in [0.2, 0.25) is 0 Å². The number of rotatable bonds is 6. The van der Waals surface area contributed by atoms with Crippen LogP contribution in [-0.2, 0) is 0 Å². The molecule has 1 saturated carbocycles. The second kappa shape index (κ2) is 9.09. The van der Waals surface area contributed by atoms with Gasteiger partial charge in [-0.1, -0.05) is 0 Å². The van der Waals surface area contributed by atoms with Crippen molar-refractivity contribution < 1.29 is 23.1 Å². The molecule has 0 spiro atoms. The summed E-state index contributed by atoms with van der Waals surface area (Å²) >= 11 is 0. The monoisotopic (exact) mass is 461 g/mol. The van der Waals surface area contributed by atoms with Gasteiger partial charge in [0.1, 0.15) is 5.69 Å². The largest absolute Gasteiger partial charge is 0.393 e. The van der Waals surface area contributed by atoms with E-state index in [1.165, 1.54) is 6.92 Å². The van der Waals surface area contributed by atoms with E-state index in [-0.39, 0.29) is 18.0 Å². The van der Waals surface area contributed by atoms with Gasteiger partial charge in [-0.25, -0.2) is 9.50 Å². The molecule has 3 heterocycles. The molecular weight excluding hydrogens is 435 g/mol. The van der Waals surface area contributed by atoms with Gasteiger partial charge >= 0.3 is 6.18 Å². The summed E-state index contributed by atoms with van der Waals surface area (Å²) < 4.78 is 40.0. The fraction of sp³-hybridized carbons (Fsp3) is 0.478. The minimum Gasteiger partial charge on any atom is -0.393 e. The van der Waals surface area contributed by atoms with Crippen molar-refractivity contribution in [1.29, 1.82) is 0 Å². The van der Waals surface area contributed by atoms with Gasteiger partial charge in [0.05, 0.1) is 24.2 Å². The highest BCUT2D eigenvalue weighted by atomic mass is 19.4.